The molecular formula is C23H24N4O3. The second-order valence-electron chi connectivity index (χ2n) is 7.06. The van der Waals surface area contributed by atoms with Crippen LogP contribution in [0.15, 0.2) is 54.6 Å². The number of amides is 1. The Morgan fingerprint density at radius 2 is 1.53 bits per heavy atom. The van der Waals surface area contributed by atoms with E-state index in [0.29, 0.717) is 36.2 Å². The van der Waals surface area contributed by atoms with Gasteiger partial charge in [-0.05, 0) is 50.2 Å². The van der Waals surface area contributed by atoms with Gasteiger partial charge in [-0.25, -0.2) is 9.97 Å². The molecule has 3 aromatic rings. The van der Waals surface area contributed by atoms with Gasteiger partial charge in [0, 0.05) is 18.7 Å². The highest BCUT2D eigenvalue weighted by molar-refractivity contribution is 6.04. The molecule has 7 heteroatoms. The maximum Gasteiger partial charge on any atom is 0.255 e. The van der Waals surface area contributed by atoms with E-state index >= 15 is 0 Å². The van der Waals surface area contributed by atoms with Crippen LogP contribution in [-0.2, 0) is 4.74 Å². The van der Waals surface area contributed by atoms with Gasteiger partial charge < -0.3 is 19.7 Å². The average Bonchev–Trinajstić information content (AvgIpc) is 2.78. The lowest BCUT2D eigenvalue weighted by atomic mass is 10.2. The fraction of sp³-hybridized carbons (Fsp3) is 0.261. The molecule has 30 heavy (non-hydrogen) atoms. The van der Waals surface area contributed by atoms with E-state index in [0.717, 1.165) is 30.2 Å². The fourth-order valence-electron chi connectivity index (χ4n) is 3.27. The molecule has 1 N–H and O–H groups in total. The van der Waals surface area contributed by atoms with Crippen molar-refractivity contribution in [2.45, 2.75) is 13.8 Å². The van der Waals surface area contributed by atoms with E-state index in [9.17, 15) is 4.79 Å². The Balaban J connectivity index is 1.45. The summed E-state index contributed by atoms with van der Waals surface area (Å²) >= 11 is 0. The van der Waals surface area contributed by atoms with Gasteiger partial charge in [-0.3, -0.25) is 4.79 Å². The minimum atomic E-state index is -0.213. The summed E-state index contributed by atoms with van der Waals surface area (Å²) in [6.07, 6.45) is 0. The van der Waals surface area contributed by atoms with Crippen molar-refractivity contribution >= 4 is 17.5 Å². The van der Waals surface area contributed by atoms with Gasteiger partial charge >= 0.3 is 0 Å². The number of carbonyl (C=O) groups is 1. The van der Waals surface area contributed by atoms with Crippen LogP contribution in [0.4, 0.5) is 11.6 Å². The number of nitrogens with one attached hydrogen (secondary N) is 1. The van der Waals surface area contributed by atoms with Crippen LogP contribution in [0.1, 0.15) is 21.7 Å². The average molecular weight is 404 g/mol. The van der Waals surface area contributed by atoms with Gasteiger partial charge in [0.25, 0.3) is 5.91 Å². The van der Waals surface area contributed by atoms with Gasteiger partial charge in [-0.1, -0.05) is 18.2 Å². The van der Waals surface area contributed by atoms with Crippen molar-refractivity contribution in [2.75, 3.05) is 36.5 Å². The molecule has 0 radical (unpaired) electrons. The third-order valence-corrected chi connectivity index (χ3v) is 4.89. The molecule has 0 atom stereocenters. The molecule has 1 aromatic heterocycles. The molecule has 7 nitrogen and oxygen atoms in total. The normalized spacial score (nSPS) is 13.7. The highest BCUT2D eigenvalue weighted by atomic mass is 16.5. The van der Waals surface area contributed by atoms with E-state index in [1.54, 1.807) is 24.3 Å². The number of anilines is 2. The summed E-state index contributed by atoms with van der Waals surface area (Å²) in [4.78, 5) is 24.0. The highest BCUT2D eigenvalue weighted by Gasteiger charge is 2.18. The number of aryl methyl sites for hydroxylation is 2. The second kappa shape index (κ2) is 8.92. The molecule has 0 spiro atoms. The van der Waals surface area contributed by atoms with Crippen molar-refractivity contribution in [1.82, 2.24) is 9.97 Å². The second-order valence-corrected chi connectivity index (χ2v) is 7.06. The van der Waals surface area contributed by atoms with Crippen LogP contribution in [0.25, 0.3) is 0 Å². The molecule has 1 aliphatic rings. The van der Waals surface area contributed by atoms with Crippen molar-refractivity contribution in [3.05, 3.63) is 71.5 Å². The monoisotopic (exact) mass is 404 g/mol. The van der Waals surface area contributed by atoms with E-state index < -0.39 is 0 Å². The van der Waals surface area contributed by atoms with Crippen LogP contribution < -0.4 is 15.0 Å². The lowest BCUT2D eigenvalue weighted by molar-refractivity contribution is 0.102. The first-order valence-corrected chi connectivity index (χ1v) is 9.92. The van der Waals surface area contributed by atoms with E-state index in [2.05, 4.69) is 20.2 Å². The predicted molar refractivity (Wildman–Crippen MR) is 115 cm³/mol. The molecule has 0 aliphatic carbocycles. The Bertz CT molecular complexity index is 993. The minimum absolute atomic E-state index is 0.213. The summed E-state index contributed by atoms with van der Waals surface area (Å²) in [6, 6.07) is 16.5. The summed E-state index contributed by atoms with van der Waals surface area (Å²) in [6.45, 7) is 6.63. The smallest absolute Gasteiger partial charge is 0.255 e. The van der Waals surface area contributed by atoms with Crippen LogP contribution in [-0.4, -0.2) is 42.2 Å². The maximum absolute atomic E-state index is 12.7. The number of aromatic nitrogens is 2. The zero-order chi connectivity index (χ0) is 20.9. The van der Waals surface area contributed by atoms with Gasteiger partial charge in [-0.2, -0.15) is 0 Å². The van der Waals surface area contributed by atoms with Gasteiger partial charge in [0.05, 0.1) is 30.3 Å². The first-order chi connectivity index (χ1) is 14.6. The number of benzene rings is 2. The molecule has 1 amide bonds. The Morgan fingerprint density at radius 1 is 0.933 bits per heavy atom. The molecule has 0 saturated carbocycles. The number of morpholine rings is 1. The summed E-state index contributed by atoms with van der Waals surface area (Å²) in [7, 11) is 0. The Kier molecular flexibility index (Phi) is 5.90. The van der Waals surface area contributed by atoms with Crippen molar-refractivity contribution in [3.8, 4) is 11.5 Å². The third-order valence-electron chi connectivity index (χ3n) is 4.89. The molecule has 2 heterocycles. The molecule has 154 valence electrons. The molecular weight excluding hydrogens is 380 g/mol. The minimum Gasteiger partial charge on any atom is -0.457 e. The summed E-state index contributed by atoms with van der Waals surface area (Å²) in [5, 5.41) is 2.95. The molecule has 1 saturated heterocycles. The Morgan fingerprint density at radius 3 is 2.17 bits per heavy atom. The van der Waals surface area contributed by atoms with Crippen molar-refractivity contribution in [2.24, 2.45) is 0 Å². The van der Waals surface area contributed by atoms with Crippen LogP contribution in [0.2, 0.25) is 0 Å². The molecule has 0 bridgehead atoms. The van der Waals surface area contributed by atoms with Crippen LogP contribution in [0.3, 0.4) is 0 Å². The van der Waals surface area contributed by atoms with E-state index in [4.69, 9.17) is 9.47 Å². The lowest BCUT2D eigenvalue weighted by Gasteiger charge is -2.27. The number of ether oxygens (including phenoxy) is 2. The first-order valence-electron chi connectivity index (χ1n) is 9.92. The highest BCUT2D eigenvalue weighted by Crippen LogP contribution is 2.24. The predicted octanol–water partition coefficient (Wildman–Crippen LogP) is 3.97. The fourth-order valence-corrected chi connectivity index (χ4v) is 3.27. The Labute approximate surface area is 175 Å². The van der Waals surface area contributed by atoms with Crippen molar-refractivity contribution in [1.29, 1.82) is 0 Å². The van der Waals surface area contributed by atoms with Crippen LogP contribution >= 0.6 is 0 Å². The standard InChI is InChI=1S/C23H24N4O3/c1-16-21(17(2)25-23(24-16)27-12-14-29-15-13-27)26-22(28)18-8-10-20(11-9-18)30-19-6-4-3-5-7-19/h3-11H,12-15H2,1-2H3,(H,26,28). The number of carbonyl (C=O) groups excluding carboxylic acids is 1. The van der Waals surface area contributed by atoms with Gasteiger partial charge in [0.1, 0.15) is 11.5 Å². The SMILES string of the molecule is Cc1nc(N2CCOCC2)nc(C)c1NC(=O)c1ccc(Oc2ccccc2)cc1. The largest absolute Gasteiger partial charge is 0.457 e. The zero-order valence-electron chi connectivity index (χ0n) is 17.1. The summed E-state index contributed by atoms with van der Waals surface area (Å²) in [5.74, 6) is 1.88. The number of para-hydroxylation sites is 1. The topological polar surface area (TPSA) is 76.6 Å². The first kappa shape index (κ1) is 19.8. The van der Waals surface area contributed by atoms with E-state index in [-0.39, 0.29) is 5.91 Å². The van der Waals surface area contributed by atoms with Gasteiger partial charge in [0.15, 0.2) is 0 Å². The maximum atomic E-state index is 12.7. The van der Waals surface area contributed by atoms with Crippen LogP contribution in [0.5, 0.6) is 11.5 Å². The van der Waals surface area contributed by atoms with Crippen molar-refractivity contribution < 1.29 is 14.3 Å². The molecule has 4 rings (SSSR count). The lowest BCUT2D eigenvalue weighted by Crippen LogP contribution is -2.37. The Hall–Kier alpha value is -3.45. The quantitative estimate of drug-likeness (QED) is 0.693. The zero-order valence-corrected chi connectivity index (χ0v) is 17.1. The molecule has 1 fully saturated rings. The summed E-state index contributed by atoms with van der Waals surface area (Å²) in [5.41, 5.74) is 2.65. The molecule has 0 unspecified atom stereocenters. The summed E-state index contributed by atoms with van der Waals surface area (Å²) < 4.78 is 11.2. The number of hydrogen-bond donors (Lipinski definition) is 1. The number of nitrogens with zero attached hydrogens (tertiary/aromatic N) is 3. The van der Waals surface area contributed by atoms with Crippen LogP contribution in [0, 0.1) is 13.8 Å². The molecule has 1 aliphatic heterocycles. The third kappa shape index (κ3) is 4.58. The van der Waals surface area contributed by atoms with Gasteiger partial charge in [-0.15, -0.1) is 0 Å². The molecule has 2 aromatic carbocycles. The number of hydrogen-bond acceptors (Lipinski definition) is 6. The van der Waals surface area contributed by atoms with Crippen molar-refractivity contribution in [3.63, 3.8) is 0 Å². The van der Waals surface area contributed by atoms with E-state index in [1.165, 1.54) is 0 Å². The van der Waals surface area contributed by atoms with E-state index in [1.807, 2.05) is 44.2 Å². The van der Waals surface area contributed by atoms with Gasteiger partial charge in [0.2, 0.25) is 5.95 Å². The number of rotatable bonds is 5.